The molecule has 5 heteroatoms. The van der Waals surface area contributed by atoms with E-state index in [1.165, 1.54) is 0 Å². The number of carbonyl (C=O) groups excluding carboxylic acids is 1. The van der Waals surface area contributed by atoms with Crippen LogP contribution in [0.1, 0.15) is 15.9 Å². The van der Waals surface area contributed by atoms with Crippen LogP contribution in [0.15, 0.2) is 60.9 Å². The van der Waals surface area contributed by atoms with Gasteiger partial charge in [-0.1, -0.05) is 6.07 Å². The van der Waals surface area contributed by atoms with Gasteiger partial charge in [-0.15, -0.1) is 0 Å². The molecule has 0 saturated carbocycles. The Kier molecular flexibility index (Phi) is 4.75. The summed E-state index contributed by atoms with van der Waals surface area (Å²) in [6, 6.07) is 14.8. The number of carbonyl (C=O) groups is 1. The minimum atomic E-state index is -0.208. The number of ether oxygens (including phenoxy) is 2. The summed E-state index contributed by atoms with van der Waals surface area (Å²) in [5.41, 5.74) is 3.19. The molecule has 25 heavy (non-hydrogen) atoms. The Bertz CT molecular complexity index is 886. The summed E-state index contributed by atoms with van der Waals surface area (Å²) >= 11 is 0. The molecule has 2 aromatic carbocycles. The van der Waals surface area contributed by atoms with E-state index in [2.05, 4.69) is 5.32 Å². The predicted molar refractivity (Wildman–Crippen MR) is 98.0 cm³/mol. The zero-order valence-electron chi connectivity index (χ0n) is 14.4. The van der Waals surface area contributed by atoms with Gasteiger partial charge in [-0.2, -0.15) is 0 Å². The molecule has 0 bridgehead atoms. The fourth-order valence-electron chi connectivity index (χ4n) is 2.63. The van der Waals surface area contributed by atoms with E-state index in [-0.39, 0.29) is 5.91 Å². The zero-order valence-corrected chi connectivity index (χ0v) is 14.4. The molecule has 0 fully saturated rings. The van der Waals surface area contributed by atoms with Gasteiger partial charge in [-0.05, 0) is 48.9 Å². The number of hydrogen-bond acceptors (Lipinski definition) is 3. The van der Waals surface area contributed by atoms with Crippen molar-refractivity contribution in [3.63, 3.8) is 0 Å². The largest absolute Gasteiger partial charge is 0.497 e. The highest BCUT2D eigenvalue weighted by Crippen LogP contribution is 2.29. The van der Waals surface area contributed by atoms with Crippen LogP contribution in [0, 0.1) is 6.92 Å². The first-order chi connectivity index (χ1) is 12.1. The number of benzene rings is 2. The van der Waals surface area contributed by atoms with Gasteiger partial charge in [0.1, 0.15) is 11.5 Å². The number of nitrogens with one attached hydrogen (secondary N) is 1. The van der Waals surface area contributed by atoms with Crippen LogP contribution in [0.4, 0.5) is 5.69 Å². The van der Waals surface area contributed by atoms with Crippen LogP contribution < -0.4 is 14.8 Å². The highest BCUT2D eigenvalue weighted by Gasteiger charge is 2.13. The van der Waals surface area contributed by atoms with Gasteiger partial charge in [-0.25, -0.2) is 0 Å². The summed E-state index contributed by atoms with van der Waals surface area (Å²) in [5, 5.41) is 2.89. The number of rotatable bonds is 5. The molecule has 0 unspecified atom stereocenters. The van der Waals surface area contributed by atoms with Crippen LogP contribution in [-0.2, 0) is 0 Å². The highest BCUT2D eigenvalue weighted by molar-refractivity contribution is 6.05. The molecule has 3 aromatic rings. The lowest BCUT2D eigenvalue weighted by atomic mass is 10.1. The highest BCUT2D eigenvalue weighted by atomic mass is 16.5. The predicted octanol–water partition coefficient (Wildman–Crippen LogP) is 4.06. The monoisotopic (exact) mass is 336 g/mol. The summed E-state index contributed by atoms with van der Waals surface area (Å²) in [5.74, 6) is 1.01. The number of aromatic nitrogens is 1. The first-order valence-electron chi connectivity index (χ1n) is 7.89. The van der Waals surface area contributed by atoms with Crippen molar-refractivity contribution in [1.82, 2.24) is 4.57 Å². The molecule has 1 heterocycles. The fraction of sp³-hybridized carbons (Fsp3) is 0.150. The second-order valence-electron chi connectivity index (χ2n) is 5.61. The molecule has 1 amide bonds. The minimum absolute atomic E-state index is 0.208. The smallest absolute Gasteiger partial charge is 0.255 e. The molecule has 1 N–H and O–H groups in total. The second-order valence-corrected chi connectivity index (χ2v) is 5.61. The third-order valence-electron chi connectivity index (χ3n) is 4.01. The van der Waals surface area contributed by atoms with Gasteiger partial charge in [0.25, 0.3) is 5.91 Å². The van der Waals surface area contributed by atoms with E-state index in [4.69, 9.17) is 9.47 Å². The average molecular weight is 336 g/mol. The van der Waals surface area contributed by atoms with Crippen LogP contribution in [0.25, 0.3) is 5.69 Å². The van der Waals surface area contributed by atoms with Crippen molar-refractivity contribution in [1.29, 1.82) is 0 Å². The molecule has 0 atom stereocenters. The first kappa shape index (κ1) is 16.6. The molecule has 1 aromatic heterocycles. The van der Waals surface area contributed by atoms with Crippen molar-refractivity contribution in [2.75, 3.05) is 19.5 Å². The number of nitrogens with zero attached hydrogens (tertiary/aromatic N) is 1. The molecule has 0 spiro atoms. The third kappa shape index (κ3) is 3.50. The van der Waals surface area contributed by atoms with E-state index in [0.29, 0.717) is 22.7 Å². The van der Waals surface area contributed by atoms with Gasteiger partial charge in [0, 0.05) is 29.7 Å². The average Bonchev–Trinajstić information content (AvgIpc) is 3.16. The van der Waals surface area contributed by atoms with Crippen molar-refractivity contribution in [2.45, 2.75) is 6.92 Å². The standard InChI is InChI=1S/C20H20N2O3/c1-14-6-7-15(12-18(14)22-10-4-5-11-22)20(23)21-17-13-16(24-2)8-9-19(17)25-3/h4-13H,1-3H3,(H,21,23). The Balaban J connectivity index is 1.91. The molecule has 128 valence electrons. The molecular formula is C20H20N2O3. The Morgan fingerprint density at radius 3 is 2.44 bits per heavy atom. The zero-order chi connectivity index (χ0) is 17.8. The molecule has 0 aliphatic heterocycles. The van der Waals surface area contributed by atoms with Gasteiger partial charge in [0.05, 0.1) is 19.9 Å². The number of amides is 1. The van der Waals surface area contributed by atoms with E-state index < -0.39 is 0 Å². The van der Waals surface area contributed by atoms with Crippen molar-refractivity contribution >= 4 is 11.6 Å². The van der Waals surface area contributed by atoms with Gasteiger partial charge in [-0.3, -0.25) is 4.79 Å². The fourth-order valence-corrected chi connectivity index (χ4v) is 2.63. The summed E-state index contributed by atoms with van der Waals surface area (Å²) < 4.78 is 12.5. The van der Waals surface area contributed by atoms with E-state index in [1.807, 2.05) is 54.2 Å². The van der Waals surface area contributed by atoms with Crippen molar-refractivity contribution in [2.24, 2.45) is 0 Å². The van der Waals surface area contributed by atoms with E-state index >= 15 is 0 Å². The molecule has 0 aliphatic rings. The number of methoxy groups -OCH3 is 2. The van der Waals surface area contributed by atoms with Gasteiger partial charge in [0.15, 0.2) is 0 Å². The van der Waals surface area contributed by atoms with E-state index in [9.17, 15) is 4.79 Å². The van der Waals surface area contributed by atoms with Gasteiger partial charge in [0.2, 0.25) is 0 Å². The summed E-state index contributed by atoms with van der Waals surface area (Å²) in [4.78, 5) is 12.7. The van der Waals surface area contributed by atoms with Gasteiger partial charge < -0.3 is 19.4 Å². The number of aryl methyl sites for hydroxylation is 1. The van der Waals surface area contributed by atoms with Crippen molar-refractivity contribution in [3.05, 3.63) is 72.1 Å². The topological polar surface area (TPSA) is 52.5 Å². The van der Waals surface area contributed by atoms with Crippen molar-refractivity contribution < 1.29 is 14.3 Å². The second kappa shape index (κ2) is 7.13. The Hall–Kier alpha value is -3.21. The van der Waals surface area contributed by atoms with Gasteiger partial charge >= 0.3 is 0 Å². The quantitative estimate of drug-likeness (QED) is 0.764. The maximum Gasteiger partial charge on any atom is 0.255 e. The molecule has 5 nitrogen and oxygen atoms in total. The lowest BCUT2D eigenvalue weighted by Gasteiger charge is -2.13. The van der Waals surface area contributed by atoms with Crippen LogP contribution in [0.5, 0.6) is 11.5 Å². The Morgan fingerprint density at radius 2 is 1.76 bits per heavy atom. The lowest BCUT2D eigenvalue weighted by Crippen LogP contribution is -2.13. The molecule has 0 aliphatic carbocycles. The third-order valence-corrected chi connectivity index (χ3v) is 4.01. The van der Waals surface area contributed by atoms with Crippen LogP contribution in [0.3, 0.4) is 0 Å². The number of anilines is 1. The summed E-state index contributed by atoms with van der Waals surface area (Å²) in [6.45, 7) is 2.02. The summed E-state index contributed by atoms with van der Waals surface area (Å²) in [7, 11) is 3.14. The minimum Gasteiger partial charge on any atom is -0.497 e. The normalized spacial score (nSPS) is 10.4. The van der Waals surface area contributed by atoms with Crippen molar-refractivity contribution in [3.8, 4) is 17.2 Å². The SMILES string of the molecule is COc1ccc(OC)c(NC(=O)c2ccc(C)c(-n3cccc3)c2)c1. The van der Waals surface area contributed by atoms with Crippen LogP contribution in [0.2, 0.25) is 0 Å². The maximum atomic E-state index is 12.7. The lowest BCUT2D eigenvalue weighted by molar-refractivity contribution is 0.102. The molecule has 0 radical (unpaired) electrons. The number of hydrogen-bond donors (Lipinski definition) is 1. The van der Waals surface area contributed by atoms with Crippen LogP contribution in [-0.4, -0.2) is 24.7 Å². The Morgan fingerprint density at radius 1 is 1.00 bits per heavy atom. The Labute approximate surface area is 146 Å². The first-order valence-corrected chi connectivity index (χ1v) is 7.89. The maximum absolute atomic E-state index is 12.7. The van der Waals surface area contributed by atoms with E-state index in [1.54, 1.807) is 32.4 Å². The van der Waals surface area contributed by atoms with E-state index in [0.717, 1.165) is 11.3 Å². The summed E-state index contributed by atoms with van der Waals surface area (Å²) in [6.07, 6.45) is 3.91. The molecule has 0 saturated heterocycles. The van der Waals surface area contributed by atoms with Crippen LogP contribution >= 0.6 is 0 Å². The molecular weight excluding hydrogens is 316 g/mol. The molecule has 3 rings (SSSR count).